The number of aromatic nitrogens is 3. The van der Waals surface area contributed by atoms with Gasteiger partial charge < -0.3 is 15.3 Å². The first-order chi connectivity index (χ1) is 7.79. The molecule has 0 spiro atoms. The maximum Gasteiger partial charge on any atom is 0.244 e. The second kappa shape index (κ2) is 5.27. The van der Waals surface area contributed by atoms with Gasteiger partial charge >= 0.3 is 0 Å². The van der Waals surface area contributed by atoms with Crippen LogP contribution in [0.15, 0.2) is 0 Å². The molecule has 1 aliphatic rings. The van der Waals surface area contributed by atoms with Crippen LogP contribution in [0.5, 0.6) is 0 Å². The van der Waals surface area contributed by atoms with Crippen molar-refractivity contribution in [3.05, 3.63) is 5.82 Å². The lowest BCUT2D eigenvalue weighted by Gasteiger charge is -2.30. The zero-order valence-electron chi connectivity index (χ0n) is 9.61. The van der Waals surface area contributed by atoms with E-state index in [1.165, 1.54) is 0 Å². The van der Waals surface area contributed by atoms with Crippen molar-refractivity contribution in [1.29, 1.82) is 0 Å². The number of aliphatic hydroxyl groups is 1. The quantitative estimate of drug-likeness (QED) is 0.645. The van der Waals surface area contributed by atoms with E-state index in [1.807, 2.05) is 0 Å². The highest BCUT2D eigenvalue weighted by molar-refractivity contribution is 5.30. The number of aryl methyl sites for hydroxylation is 1. The zero-order valence-corrected chi connectivity index (χ0v) is 9.61. The van der Waals surface area contributed by atoms with Crippen LogP contribution in [0.3, 0.4) is 0 Å². The number of H-pyrrole nitrogens is 1. The Kier molecular flexibility index (Phi) is 3.74. The van der Waals surface area contributed by atoms with E-state index in [4.69, 9.17) is 5.11 Å². The fraction of sp³-hybridized carbons (Fsp3) is 0.800. The molecule has 0 radical (unpaired) electrons. The maximum absolute atomic E-state index is 8.74. The minimum atomic E-state index is 0.195. The Morgan fingerprint density at radius 3 is 3.19 bits per heavy atom. The molecule has 1 unspecified atom stereocenters. The summed E-state index contributed by atoms with van der Waals surface area (Å²) in [4.78, 5) is 6.61. The fourth-order valence-electron chi connectivity index (χ4n) is 1.90. The van der Waals surface area contributed by atoms with Gasteiger partial charge in [0.05, 0.1) is 0 Å². The summed E-state index contributed by atoms with van der Waals surface area (Å²) >= 11 is 0. The first-order valence-corrected chi connectivity index (χ1v) is 5.80. The topological polar surface area (TPSA) is 77.1 Å². The van der Waals surface area contributed by atoms with Crippen molar-refractivity contribution in [2.45, 2.75) is 25.8 Å². The molecule has 6 heteroatoms. The van der Waals surface area contributed by atoms with Gasteiger partial charge in [0.1, 0.15) is 5.82 Å². The third kappa shape index (κ3) is 2.70. The van der Waals surface area contributed by atoms with Crippen LogP contribution in [-0.2, 0) is 6.42 Å². The standard InChI is InChI=1S/C10H19N5O/c1-8-7-15(5-4-11-8)10-12-9(13-14-10)3-2-6-16/h8,11,16H,2-7H2,1H3,(H,12,13,14). The van der Waals surface area contributed by atoms with Gasteiger partial charge in [0.25, 0.3) is 0 Å². The van der Waals surface area contributed by atoms with E-state index in [0.717, 1.165) is 44.2 Å². The van der Waals surface area contributed by atoms with Crippen LogP contribution >= 0.6 is 0 Å². The molecule has 0 saturated carbocycles. The highest BCUT2D eigenvalue weighted by Crippen LogP contribution is 2.10. The normalized spacial score (nSPS) is 21.4. The largest absolute Gasteiger partial charge is 0.396 e. The van der Waals surface area contributed by atoms with Gasteiger partial charge in [0.15, 0.2) is 0 Å². The SMILES string of the molecule is CC1CN(c2n[nH]c(CCCO)n2)CCN1. The van der Waals surface area contributed by atoms with Gasteiger partial charge in [0.2, 0.25) is 5.95 Å². The molecule has 16 heavy (non-hydrogen) atoms. The molecule has 6 nitrogen and oxygen atoms in total. The summed E-state index contributed by atoms with van der Waals surface area (Å²) in [5.41, 5.74) is 0. The van der Waals surface area contributed by atoms with Crippen LogP contribution in [0.1, 0.15) is 19.2 Å². The Labute approximate surface area is 95.1 Å². The molecular weight excluding hydrogens is 206 g/mol. The summed E-state index contributed by atoms with van der Waals surface area (Å²) in [6.07, 6.45) is 1.48. The Morgan fingerprint density at radius 1 is 1.56 bits per heavy atom. The molecule has 1 saturated heterocycles. The summed E-state index contributed by atoms with van der Waals surface area (Å²) in [5.74, 6) is 1.64. The van der Waals surface area contributed by atoms with E-state index >= 15 is 0 Å². The smallest absolute Gasteiger partial charge is 0.244 e. The lowest BCUT2D eigenvalue weighted by molar-refractivity contribution is 0.287. The number of hydrogen-bond acceptors (Lipinski definition) is 5. The highest BCUT2D eigenvalue weighted by Gasteiger charge is 2.18. The van der Waals surface area contributed by atoms with Crippen LogP contribution < -0.4 is 10.2 Å². The Balaban J connectivity index is 1.95. The van der Waals surface area contributed by atoms with Gasteiger partial charge in [-0.1, -0.05) is 0 Å². The highest BCUT2D eigenvalue weighted by atomic mass is 16.2. The summed E-state index contributed by atoms with van der Waals surface area (Å²) in [5, 5.41) is 19.2. The number of aromatic amines is 1. The van der Waals surface area contributed by atoms with Gasteiger partial charge in [-0.15, -0.1) is 5.10 Å². The summed E-state index contributed by atoms with van der Waals surface area (Å²) < 4.78 is 0. The predicted octanol–water partition coefficient (Wildman–Crippen LogP) is -0.472. The van der Waals surface area contributed by atoms with Crippen LogP contribution in [0.4, 0.5) is 5.95 Å². The molecule has 3 N–H and O–H groups in total. The van der Waals surface area contributed by atoms with E-state index in [2.05, 4.69) is 32.3 Å². The average Bonchev–Trinajstić information content (AvgIpc) is 2.75. The Bertz CT molecular complexity index is 327. The molecule has 1 atom stereocenters. The zero-order chi connectivity index (χ0) is 11.4. The van der Waals surface area contributed by atoms with Crippen LogP contribution in [0, 0.1) is 0 Å². The third-order valence-corrected chi connectivity index (χ3v) is 2.74. The second-order valence-electron chi connectivity index (χ2n) is 4.21. The van der Waals surface area contributed by atoms with Gasteiger partial charge in [0, 0.05) is 38.7 Å². The van der Waals surface area contributed by atoms with Gasteiger partial charge in [-0.25, -0.2) is 0 Å². The number of hydrogen-bond donors (Lipinski definition) is 3. The van der Waals surface area contributed by atoms with Crippen LogP contribution in [-0.4, -0.2) is 52.6 Å². The van der Waals surface area contributed by atoms with Crippen molar-refractivity contribution >= 4 is 5.95 Å². The number of piperazine rings is 1. The maximum atomic E-state index is 8.74. The lowest BCUT2D eigenvalue weighted by Crippen LogP contribution is -2.49. The summed E-state index contributed by atoms with van der Waals surface area (Å²) in [6, 6.07) is 0.480. The minimum Gasteiger partial charge on any atom is -0.396 e. The Morgan fingerprint density at radius 2 is 2.44 bits per heavy atom. The first kappa shape index (κ1) is 11.3. The molecule has 0 aliphatic carbocycles. The van der Waals surface area contributed by atoms with Crippen LogP contribution in [0.25, 0.3) is 0 Å². The molecule has 0 amide bonds. The van der Waals surface area contributed by atoms with Crippen molar-refractivity contribution in [2.75, 3.05) is 31.1 Å². The monoisotopic (exact) mass is 225 g/mol. The Hall–Kier alpha value is -1.14. The van der Waals surface area contributed by atoms with Crippen molar-refractivity contribution in [2.24, 2.45) is 0 Å². The molecule has 0 bridgehead atoms. The molecular formula is C10H19N5O. The predicted molar refractivity (Wildman–Crippen MR) is 61.5 cm³/mol. The first-order valence-electron chi connectivity index (χ1n) is 5.80. The summed E-state index contributed by atoms with van der Waals surface area (Å²) in [7, 11) is 0. The second-order valence-corrected chi connectivity index (χ2v) is 4.21. The molecule has 1 aliphatic heterocycles. The molecule has 2 rings (SSSR count). The molecule has 90 valence electrons. The lowest BCUT2D eigenvalue weighted by atomic mass is 10.2. The fourth-order valence-corrected chi connectivity index (χ4v) is 1.90. The minimum absolute atomic E-state index is 0.195. The average molecular weight is 225 g/mol. The van der Waals surface area contributed by atoms with Gasteiger partial charge in [-0.2, -0.15) is 4.98 Å². The third-order valence-electron chi connectivity index (χ3n) is 2.74. The van der Waals surface area contributed by atoms with E-state index in [-0.39, 0.29) is 6.61 Å². The van der Waals surface area contributed by atoms with Crippen LogP contribution in [0.2, 0.25) is 0 Å². The number of nitrogens with one attached hydrogen (secondary N) is 2. The number of aliphatic hydroxyl groups excluding tert-OH is 1. The van der Waals surface area contributed by atoms with Crippen molar-refractivity contribution in [1.82, 2.24) is 20.5 Å². The van der Waals surface area contributed by atoms with Gasteiger partial charge in [-0.05, 0) is 13.3 Å². The molecule has 2 heterocycles. The number of nitrogens with zero attached hydrogens (tertiary/aromatic N) is 3. The molecule has 1 fully saturated rings. The number of rotatable bonds is 4. The summed E-state index contributed by atoms with van der Waals surface area (Å²) in [6.45, 7) is 5.22. The van der Waals surface area contributed by atoms with Gasteiger partial charge in [-0.3, -0.25) is 5.10 Å². The molecule has 1 aromatic rings. The molecule has 1 aromatic heterocycles. The number of anilines is 1. The van der Waals surface area contributed by atoms with Crippen molar-refractivity contribution in [3.63, 3.8) is 0 Å². The van der Waals surface area contributed by atoms with Crippen molar-refractivity contribution in [3.8, 4) is 0 Å². The van der Waals surface area contributed by atoms with E-state index < -0.39 is 0 Å². The van der Waals surface area contributed by atoms with E-state index in [9.17, 15) is 0 Å². The van der Waals surface area contributed by atoms with Crippen molar-refractivity contribution < 1.29 is 5.11 Å². The van der Waals surface area contributed by atoms with E-state index in [0.29, 0.717) is 6.04 Å². The molecule has 0 aromatic carbocycles. The van der Waals surface area contributed by atoms with E-state index in [1.54, 1.807) is 0 Å².